The minimum atomic E-state index is -3.50. The van der Waals surface area contributed by atoms with Crippen LogP contribution in [0, 0.1) is 0 Å². The van der Waals surface area contributed by atoms with E-state index in [0.29, 0.717) is 5.56 Å². The lowest BCUT2D eigenvalue weighted by atomic mass is 10.2. The molecule has 1 aromatic carbocycles. The van der Waals surface area contributed by atoms with Crippen LogP contribution in [-0.2, 0) is 14.8 Å². The summed E-state index contributed by atoms with van der Waals surface area (Å²) in [5, 5.41) is 0. The maximum absolute atomic E-state index is 11.0. The molecule has 2 rings (SSSR count). The molecule has 1 aromatic rings. The average molecular weight is 275 g/mol. The van der Waals surface area contributed by atoms with Gasteiger partial charge in [0.05, 0.1) is 11.9 Å². The van der Waals surface area contributed by atoms with Crippen molar-refractivity contribution in [3.05, 3.63) is 29.8 Å². The van der Waals surface area contributed by atoms with Crippen molar-refractivity contribution < 1.29 is 13.2 Å². The number of hydrogen-bond donors (Lipinski definition) is 0. The predicted octanol–water partition coefficient (Wildman–Crippen LogP) is 3.08. The Kier molecular flexibility index (Phi) is 3.94. The fourth-order valence-electron chi connectivity index (χ4n) is 2.11. The van der Waals surface area contributed by atoms with E-state index in [1.54, 1.807) is 18.2 Å². The highest BCUT2D eigenvalue weighted by atomic mass is 35.7. The van der Waals surface area contributed by atoms with Crippen LogP contribution >= 0.6 is 10.7 Å². The lowest BCUT2D eigenvalue weighted by Gasteiger charge is -2.13. The van der Waals surface area contributed by atoms with Crippen LogP contribution in [0.2, 0.25) is 0 Å². The first-order chi connectivity index (χ1) is 8.03. The van der Waals surface area contributed by atoms with Crippen molar-refractivity contribution in [3.8, 4) is 5.75 Å². The van der Waals surface area contributed by atoms with Gasteiger partial charge in [-0.25, -0.2) is 8.42 Å². The fraction of sp³-hybridized carbons (Fsp3) is 0.500. The molecule has 1 saturated carbocycles. The summed E-state index contributed by atoms with van der Waals surface area (Å²) in [4.78, 5) is 0. The highest BCUT2D eigenvalue weighted by Gasteiger charge is 2.16. The lowest BCUT2D eigenvalue weighted by Crippen LogP contribution is -2.11. The van der Waals surface area contributed by atoms with Gasteiger partial charge in [0.2, 0.25) is 9.05 Å². The van der Waals surface area contributed by atoms with Crippen molar-refractivity contribution in [2.45, 2.75) is 37.5 Å². The summed E-state index contributed by atoms with van der Waals surface area (Å²) in [5.74, 6) is 0.575. The zero-order valence-electron chi connectivity index (χ0n) is 9.43. The summed E-state index contributed by atoms with van der Waals surface area (Å²) in [7, 11) is 1.72. The molecule has 0 heterocycles. The first-order valence-electron chi connectivity index (χ1n) is 5.71. The molecule has 0 atom stereocenters. The molecular weight excluding hydrogens is 260 g/mol. The Morgan fingerprint density at radius 3 is 2.65 bits per heavy atom. The van der Waals surface area contributed by atoms with Crippen molar-refractivity contribution in [1.29, 1.82) is 0 Å². The second kappa shape index (κ2) is 5.27. The van der Waals surface area contributed by atoms with Gasteiger partial charge in [-0.2, -0.15) is 0 Å². The van der Waals surface area contributed by atoms with E-state index in [0.717, 1.165) is 18.6 Å². The molecule has 1 aliphatic rings. The van der Waals surface area contributed by atoms with Crippen LogP contribution in [0.1, 0.15) is 31.2 Å². The standard InChI is InChI=1S/C12H15ClO3S/c13-17(14,15)9-10-4-3-7-12(8-10)16-11-5-1-2-6-11/h3-4,7-8,11H,1-2,5-6,9H2. The molecule has 3 nitrogen and oxygen atoms in total. The molecule has 0 bridgehead atoms. The predicted molar refractivity (Wildman–Crippen MR) is 67.8 cm³/mol. The maximum atomic E-state index is 11.0. The molecule has 0 saturated heterocycles. The van der Waals surface area contributed by atoms with E-state index in [2.05, 4.69) is 0 Å². The van der Waals surface area contributed by atoms with Crippen LogP contribution in [0.5, 0.6) is 5.75 Å². The van der Waals surface area contributed by atoms with Crippen LogP contribution < -0.4 is 4.74 Å². The lowest BCUT2D eigenvalue weighted by molar-refractivity contribution is 0.210. The second-order valence-corrected chi connectivity index (χ2v) is 7.13. The summed E-state index contributed by atoms with van der Waals surface area (Å²) >= 11 is 0. The Balaban J connectivity index is 2.05. The van der Waals surface area contributed by atoms with Gasteiger partial charge >= 0.3 is 0 Å². The zero-order chi connectivity index (χ0) is 12.3. The zero-order valence-corrected chi connectivity index (χ0v) is 11.0. The maximum Gasteiger partial charge on any atom is 0.236 e. The van der Waals surface area contributed by atoms with Crippen molar-refractivity contribution in [2.75, 3.05) is 0 Å². The summed E-state index contributed by atoms with van der Waals surface area (Å²) < 4.78 is 27.8. The number of halogens is 1. The molecule has 0 aromatic heterocycles. The molecule has 94 valence electrons. The third-order valence-corrected chi connectivity index (χ3v) is 3.85. The first kappa shape index (κ1) is 12.7. The van der Waals surface area contributed by atoms with E-state index in [1.807, 2.05) is 6.07 Å². The van der Waals surface area contributed by atoms with Crippen molar-refractivity contribution in [1.82, 2.24) is 0 Å². The molecular formula is C12H15ClO3S. The molecule has 0 amide bonds. The van der Waals surface area contributed by atoms with Gasteiger partial charge in [-0.1, -0.05) is 12.1 Å². The minimum Gasteiger partial charge on any atom is -0.490 e. The first-order valence-corrected chi connectivity index (χ1v) is 8.19. The third-order valence-electron chi connectivity index (χ3n) is 2.84. The number of ether oxygens (including phenoxy) is 1. The number of rotatable bonds is 4. The van der Waals surface area contributed by atoms with Gasteiger partial charge in [-0.05, 0) is 43.4 Å². The number of hydrogen-bond acceptors (Lipinski definition) is 3. The molecule has 0 unspecified atom stereocenters. The van der Waals surface area contributed by atoms with Crippen LogP contribution in [0.15, 0.2) is 24.3 Å². The van der Waals surface area contributed by atoms with E-state index < -0.39 is 9.05 Å². The summed E-state index contributed by atoms with van der Waals surface area (Å²) in [6.07, 6.45) is 4.86. The van der Waals surface area contributed by atoms with Gasteiger partial charge < -0.3 is 4.74 Å². The Hall–Kier alpha value is -0.740. The monoisotopic (exact) mass is 274 g/mol. The van der Waals surface area contributed by atoms with Crippen LogP contribution in [-0.4, -0.2) is 14.5 Å². The quantitative estimate of drug-likeness (QED) is 0.793. The van der Waals surface area contributed by atoms with E-state index in [9.17, 15) is 8.42 Å². The Labute approximate surface area is 106 Å². The third kappa shape index (κ3) is 4.21. The molecule has 0 aliphatic heterocycles. The van der Waals surface area contributed by atoms with Gasteiger partial charge in [0.1, 0.15) is 5.75 Å². The Morgan fingerprint density at radius 1 is 1.29 bits per heavy atom. The second-order valence-electron chi connectivity index (χ2n) is 4.35. The van der Waals surface area contributed by atoms with E-state index in [-0.39, 0.29) is 11.9 Å². The van der Waals surface area contributed by atoms with Gasteiger partial charge in [0.15, 0.2) is 0 Å². The van der Waals surface area contributed by atoms with Crippen molar-refractivity contribution in [3.63, 3.8) is 0 Å². The highest BCUT2D eigenvalue weighted by molar-refractivity contribution is 8.13. The molecule has 0 N–H and O–H groups in total. The van der Waals surface area contributed by atoms with Crippen molar-refractivity contribution >= 4 is 19.7 Å². The Morgan fingerprint density at radius 2 is 2.00 bits per heavy atom. The normalized spacial score (nSPS) is 17.2. The van der Waals surface area contributed by atoms with Crippen LogP contribution in [0.3, 0.4) is 0 Å². The molecule has 1 fully saturated rings. The van der Waals surface area contributed by atoms with Gasteiger partial charge in [0.25, 0.3) is 0 Å². The van der Waals surface area contributed by atoms with E-state index in [1.165, 1.54) is 12.8 Å². The van der Waals surface area contributed by atoms with Gasteiger partial charge in [0, 0.05) is 10.7 Å². The van der Waals surface area contributed by atoms with E-state index >= 15 is 0 Å². The smallest absolute Gasteiger partial charge is 0.236 e. The largest absolute Gasteiger partial charge is 0.490 e. The number of benzene rings is 1. The summed E-state index contributed by atoms with van der Waals surface area (Å²) in [6, 6.07) is 7.13. The summed E-state index contributed by atoms with van der Waals surface area (Å²) in [6.45, 7) is 0. The fourth-order valence-corrected chi connectivity index (χ4v) is 3.06. The molecule has 5 heteroatoms. The molecule has 17 heavy (non-hydrogen) atoms. The molecule has 1 aliphatic carbocycles. The summed E-state index contributed by atoms with van der Waals surface area (Å²) in [5.41, 5.74) is 0.662. The van der Waals surface area contributed by atoms with E-state index in [4.69, 9.17) is 15.4 Å². The molecule has 0 spiro atoms. The SMILES string of the molecule is O=S(=O)(Cl)Cc1cccc(OC2CCCC2)c1. The minimum absolute atomic E-state index is 0.156. The van der Waals surface area contributed by atoms with Crippen LogP contribution in [0.4, 0.5) is 0 Å². The van der Waals surface area contributed by atoms with Gasteiger partial charge in [-0.15, -0.1) is 0 Å². The Bertz CT molecular complexity index is 478. The van der Waals surface area contributed by atoms with Gasteiger partial charge in [-0.3, -0.25) is 0 Å². The topological polar surface area (TPSA) is 43.4 Å². The van der Waals surface area contributed by atoms with Crippen molar-refractivity contribution in [2.24, 2.45) is 0 Å². The van der Waals surface area contributed by atoms with Crippen LogP contribution in [0.25, 0.3) is 0 Å². The highest BCUT2D eigenvalue weighted by Crippen LogP contribution is 2.25. The average Bonchev–Trinajstić information content (AvgIpc) is 2.68. The molecule has 0 radical (unpaired) electrons.